The first kappa shape index (κ1) is 5.42. The normalized spacial score (nSPS) is 47.9. The molecule has 1 aliphatic carbocycles. The maximum absolute atomic E-state index is 9.02. The molecule has 50 valence electrons. The molecule has 1 heterocycles. The molecule has 0 bridgehead atoms. The average molecular weight is 125 g/mol. The molecule has 0 saturated heterocycles. The standard InChI is InChI=1S/C7H11NO/c9-6-3-7(4-6)1-2-8-5-7/h2,6,9H,1,3-5H2. The fourth-order valence-electron chi connectivity index (χ4n) is 1.82. The zero-order valence-electron chi connectivity index (χ0n) is 5.38. The summed E-state index contributed by atoms with van der Waals surface area (Å²) in [6.07, 6.45) is 5.03. The van der Waals surface area contributed by atoms with Crippen LogP contribution in [0.5, 0.6) is 0 Å². The Morgan fingerprint density at radius 2 is 2.33 bits per heavy atom. The molecule has 9 heavy (non-hydrogen) atoms. The maximum atomic E-state index is 9.02. The van der Waals surface area contributed by atoms with Crippen LogP contribution in [0.15, 0.2) is 4.99 Å². The molecule has 2 rings (SSSR count). The van der Waals surface area contributed by atoms with Crippen LogP contribution in [0.4, 0.5) is 0 Å². The van der Waals surface area contributed by atoms with Gasteiger partial charge in [-0.15, -0.1) is 0 Å². The largest absolute Gasteiger partial charge is 0.393 e. The summed E-state index contributed by atoms with van der Waals surface area (Å²) in [5.74, 6) is 0. The zero-order valence-corrected chi connectivity index (χ0v) is 5.38. The number of aliphatic hydroxyl groups excluding tert-OH is 1. The van der Waals surface area contributed by atoms with Crippen LogP contribution >= 0.6 is 0 Å². The zero-order chi connectivity index (χ0) is 6.32. The smallest absolute Gasteiger partial charge is 0.0552 e. The van der Waals surface area contributed by atoms with Gasteiger partial charge in [0.2, 0.25) is 0 Å². The summed E-state index contributed by atoms with van der Waals surface area (Å²) >= 11 is 0. The van der Waals surface area contributed by atoms with E-state index < -0.39 is 0 Å². The lowest BCUT2D eigenvalue weighted by Gasteiger charge is -2.41. The third kappa shape index (κ3) is 0.697. The van der Waals surface area contributed by atoms with Crippen molar-refractivity contribution in [2.45, 2.75) is 25.4 Å². The van der Waals surface area contributed by atoms with Gasteiger partial charge in [-0.05, 0) is 30.9 Å². The molecule has 0 aromatic rings. The molecule has 0 radical (unpaired) electrons. The van der Waals surface area contributed by atoms with Gasteiger partial charge in [0.15, 0.2) is 0 Å². The number of aliphatic imine (C=N–C) groups is 1. The van der Waals surface area contributed by atoms with Gasteiger partial charge in [0.25, 0.3) is 0 Å². The van der Waals surface area contributed by atoms with E-state index in [0.29, 0.717) is 5.41 Å². The molecule has 1 spiro atoms. The SMILES string of the molecule is OC1CC2(CC=NC2)C1. The Morgan fingerprint density at radius 3 is 2.78 bits per heavy atom. The van der Waals surface area contributed by atoms with Gasteiger partial charge in [0, 0.05) is 6.54 Å². The molecule has 2 aliphatic rings. The fourth-order valence-corrected chi connectivity index (χ4v) is 1.82. The van der Waals surface area contributed by atoms with E-state index in [4.69, 9.17) is 5.11 Å². The first-order chi connectivity index (χ1) is 4.31. The van der Waals surface area contributed by atoms with Crippen LogP contribution in [0.2, 0.25) is 0 Å². The highest BCUT2D eigenvalue weighted by molar-refractivity contribution is 5.61. The van der Waals surface area contributed by atoms with Gasteiger partial charge in [-0.25, -0.2) is 0 Å². The molecule has 0 amide bonds. The lowest BCUT2D eigenvalue weighted by Crippen LogP contribution is -2.41. The second-order valence-electron chi connectivity index (χ2n) is 3.29. The van der Waals surface area contributed by atoms with Crippen molar-refractivity contribution in [2.24, 2.45) is 10.4 Å². The molecule has 1 N–H and O–H groups in total. The van der Waals surface area contributed by atoms with Crippen LogP contribution in [-0.2, 0) is 0 Å². The molecule has 0 aromatic heterocycles. The van der Waals surface area contributed by atoms with Crippen LogP contribution in [0.1, 0.15) is 19.3 Å². The van der Waals surface area contributed by atoms with Crippen LogP contribution in [0.3, 0.4) is 0 Å². The van der Waals surface area contributed by atoms with E-state index >= 15 is 0 Å². The van der Waals surface area contributed by atoms with E-state index in [9.17, 15) is 0 Å². The summed E-state index contributed by atoms with van der Waals surface area (Å²) in [5, 5.41) is 9.02. The first-order valence-electron chi connectivity index (χ1n) is 3.47. The van der Waals surface area contributed by atoms with Crippen molar-refractivity contribution in [3.05, 3.63) is 0 Å². The summed E-state index contributed by atoms with van der Waals surface area (Å²) in [5.41, 5.74) is 0.416. The molecule has 0 unspecified atom stereocenters. The Bertz CT molecular complexity index is 137. The van der Waals surface area contributed by atoms with Crippen LogP contribution in [0, 0.1) is 5.41 Å². The topological polar surface area (TPSA) is 32.6 Å². The van der Waals surface area contributed by atoms with Crippen molar-refractivity contribution in [2.75, 3.05) is 6.54 Å². The third-order valence-corrected chi connectivity index (χ3v) is 2.42. The minimum atomic E-state index is -0.0216. The Hall–Kier alpha value is -0.370. The monoisotopic (exact) mass is 125 g/mol. The molecule has 1 aliphatic heterocycles. The molecular weight excluding hydrogens is 114 g/mol. The van der Waals surface area contributed by atoms with Crippen molar-refractivity contribution >= 4 is 6.21 Å². The van der Waals surface area contributed by atoms with Crippen molar-refractivity contribution < 1.29 is 5.11 Å². The first-order valence-corrected chi connectivity index (χ1v) is 3.47. The Kier molecular flexibility index (Phi) is 0.943. The molecule has 0 aromatic carbocycles. The Labute approximate surface area is 54.6 Å². The van der Waals surface area contributed by atoms with Gasteiger partial charge < -0.3 is 5.11 Å². The van der Waals surface area contributed by atoms with Crippen LogP contribution in [0.25, 0.3) is 0 Å². The predicted molar refractivity (Wildman–Crippen MR) is 35.6 cm³/mol. The summed E-state index contributed by atoms with van der Waals surface area (Å²) in [6, 6.07) is 0. The van der Waals surface area contributed by atoms with Crippen molar-refractivity contribution in [1.29, 1.82) is 0 Å². The number of hydrogen-bond acceptors (Lipinski definition) is 2. The molecule has 0 atom stereocenters. The van der Waals surface area contributed by atoms with Gasteiger partial charge in [-0.1, -0.05) is 0 Å². The van der Waals surface area contributed by atoms with E-state index in [1.165, 1.54) is 0 Å². The lowest BCUT2D eigenvalue weighted by molar-refractivity contribution is -0.0164. The van der Waals surface area contributed by atoms with Gasteiger partial charge >= 0.3 is 0 Å². The van der Waals surface area contributed by atoms with Crippen molar-refractivity contribution in [1.82, 2.24) is 0 Å². The highest BCUT2D eigenvalue weighted by Crippen LogP contribution is 2.45. The van der Waals surface area contributed by atoms with Gasteiger partial charge in [-0.2, -0.15) is 0 Å². The number of nitrogens with zero attached hydrogens (tertiary/aromatic N) is 1. The molecule has 1 saturated carbocycles. The van der Waals surface area contributed by atoms with E-state index in [1.807, 2.05) is 6.21 Å². The number of aliphatic hydroxyl groups is 1. The summed E-state index contributed by atoms with van der Waals surface area (Å²) in [7, 11) is 0. The highest BCUT2D eigenvalue weighted by atomic mass is 16.3. The van der Waals surface area contributed by atoms with Crippen LogP contribution in [-0.4, -0.2) is 24.0 Å². The van der Waals surface area contributed by atoms with E-state index in [1.54, 1.807) is 0 Å². The lowest BCUT2D eigenvalue weighted by atomic mass is 9.66. The highest BCUT2D eigenvalue weighted by Gasteiger charge is 2.44. The minimum absolute atomic E-state index is 0.0216. The maximum Gasteiger partial charge on any atom is 0.0552 e. The molecule has 2 heteroatoms. The Balaban J connectivity index is 1.98. The Morgan fingerprint density at radius 1 is 1.56 bits per heavy atom. The quantitative estimate of drug-likeness (QED) is 0.505. The number of rotatable bonds is 0. The predicted octanol–water partition coefficient (Wildman–Crippen LogP) is 0.602. The van der Waals surface area contributed by atoms with Gasteiger partial charge in [-0.3, -0.25) is 4.99 Å². The van der Waals surface area contributed by atoms with Crippen molar-refractivity contribution in [3.63, 3.8) is 0 Å². The molecule has 2 nitrogen and oxygen atoms in total. The molecule has 1 fully saturated rings. The van der Waals surface area contributed by atoms with Crippen molar-refractivity contribution in [3.8, 4) is 0 Å². The number of hydrogen-bond donors (Lipinski definition) is 1. The van der Waals surface area contributed by atoms with Gasteiger partial charge in [0.1, 0.15) is 0 Å². The van der Waals surface area contributed by atoms with E-state index in [-0.39, 0.29) is 6.10 Å². The molecular formula is C7H11NO. The van der Waals surface area contributed by atoms with E-state index in [2.05, 4.69) is 4.99 Å². The fraction of sp³-hybridized carbons (Fsp3) is 0.857. The summed E-state index contributed by atoms with van der Waals surface area (Å²) < 4.78 is 0. The second-order valence-corrected chi connectivity index (χ2v) is 3.29. The van der Waals surface area contributed by atoms with E-state index in [0.717, 1.165) is 25.8 Å². The van der Waals surface area contributed by atoms with Gasteiger partial charge in [0.05, 0.1) is 6.10 Å². The van der Waals surface area contributed by atoms with Crippen LogP contribution < -0.4 is 0 Å². The third-order valence-electron chi connectivity index (χ3n) is 2.42. The minimum Gasteiger partial charge on any atom is -0.393 e. The second kappa shape index (κ2) is 1.57. The summed E-state index contributed by atoms with van der Waals surface area (Å²) in [6.45, 7) is 0.962. The summed E-state index contributed by atoms with van der Waals surface area (Å²) in [4.78, 5) is 4.16. The average Bonchev–Trinajstić information content (AvgIpc) is 2.12.